The number of nitrogens with two attached hydrogens (primary N) is 1. The SMILES string of the molecule is CCCc1nccn1-c1ccc(C(N)=O)c(Cl)c1. The van der Waals surface area contributed by atoms with Gasteiger partial charge in [-0.05, 0) is 24.6 Å². The van der Waals surface area contributed by atoms with Crippen LogP contribution in [0.1, 0.15) is 29.5 Å². The number of primary amides is 1. The molecule has 1 aromatic heterocycles. The number of hydrogen-bond donors (Lipinski definition) is 1. The molecule has 0 aliphatic rings. The maximum Gasteiger partial charge on any atom is 0.250 e. The average molecular weight is 264 g/mol. The molecule has 0 saturated heterocycles. The van der Waals surface area contributed by atoms with E-state index in [0.29, 0.717) is 10.6 Å². The summed E-state index contributed by atoms with van der Waals surface area (Å²) in [5.41, 5.74) is 6.43. The van der Waals surface area contributed by atoms with Crippen molar-refractivity contribution >= 4 is 17.5 Å². The molecule has 1 aromatic carbocycles. The molecular weight excluding hydrogens is 250 g/mol. The van der Waals surface area contributed by atoms with E-state index in [0.717, 1.165) is 24.4 Å². The van der Waals surface area contributed by atoms with Crippen LogP contribution in [0.5, 0.6) is 0 Å². The average Bonchev–Trinajstić information content (AvgIpc) is 2.77. The van der Waals surface area contributed by atoms with Crippen molar-refractivity contribution in [2.75, 3.05) is 0 Å². The molecule has 0 aliphatic heterocycles. The van der Waals surface area contributed by atoms with E-state index in [9.17, 15) is 4.79 Å². The van der Waals surface area contributed by atoms with Crippen molar-refractivity contribution in [2.45, 2.75) is 19.8 Å². The van der Waals surface area contributed by atoms with Gasteiger partial charge in [0, 0.05) is 24.5 Å². The van der Waals surface area contributed by atoms with Crippen molar-refractivity contribution in [3.63, 3.8) is 0 Å². The molecule has 0 bridgehead atoms. The molecule has 4 nitrogen and oxygen atoms in total. The van der Waals surface area contributed by atoms with Crippen LogP contribution in [0.2, 0.25) is 5.02 Å². The van der Waals surface area contributed by atoms with E-state index < -0.39 is 5.91 Å². The van der Waals surface area contributed by atoms with Crippen LogP contribution in [0.3, 0.4) is 0 Å². The molecule has 94 valence electrons. The molecular formula is C13H14ClN3O. The van der Waals surface area contributed by atoms with Crippen molar-refractivity contribution in [3.8, 4) is 5.69 Å². The minimum atomic E-state index is -0.522. The first-order valence-corrected chi connectivity index (χ1v) is 6.13. The second-order valence-corrected chi connectivity index (χ2v) is 4.40. The van der Waals surface area contributed by atoms with E-state index in [-0.39, 0.29) is 0 Å². The van der Waals surface area contributed by atoms with Crippen molar-refractivity contribution in [1.29, 1.82) is 0 Å². The summed E-state index contributed by atoms with van der Waals surface area (Å²) >= 11 is 6.04. The molecule has 0 atom stereocenters. The summed E-state index contributed by atoms with van der Waals surface area (Å²) in [6.07, 6.45) is 5.54. The maximum absolute atomic E-state index is 11.1. The Hall–Kier alpha value is -1.81. The predicted octanol–water partition coefficient (Wildman–Crippen LogP) is 2.58. The highest BCUT2D eigenvalue weighted by Gasteiger charge is 2.09. The molecule has 1 heterocycles. The van der Waals surface area contributed by atoms with Crippen LogP contribution in [-0.4, -0.2) is 15.5 Å². The van der Waals surface area contributed by atoms with Crippen LogP contribution in [0.15, 0.2) is 30.6 Å². The van der Waals surface area contributed by atoms with E-state index in [2.05, 4.69) is 11.9 Å². The molecule has 0 radical (unpaired) electrons. The van der Waals surface area contributed by atoms with Crippen LogP contribution in [0.4, 0.5) is 0 Å². The Morgan fingerprint density at radius 1 is 1.50 bits per heavy atom. The zero-order valence-corrected chi connectivity index (χ0v) is 10.8. The molecule has 5 heteroatoms. The Kier molecular flexibility index (Phi) is 3.67. The van der Waals surface area contributed by atoms with E-state index in [4.69, 9.17) is 17.3 Å². The number of nitrogens with zero attached hydrogens (tertiary/aromatic N) is 2. The van der Waals surface area contributed by atoms with Crippen molar-refractivity contribution in [2.24, 2.45) is 5.73 Å². The number of carbonyl (C=O) groups excluding carboxylic acids is 1. The molecule has 0 aliphatic carbocycles. The number of hydrogen-bond acceptors (Lipinski definition) is 2. The molecule has 0 spiro atoms. The minimum absolute atomic E-state index is 0.331. The Labute approximate surface area is 110 Å². The fraction of sp³-hybridized carbons (Fsp3) is 0.231. The third-order valence-electron chi connectivity index (χ3n) is 2.69. The summed E-state index contributed by atoms with van der Waals surface area (Å²) in [5.74, 6) is 0.450. The Morgan fingerprint density at radius 3 is 2.89 bits per heavy atom. The second-order valence-electron chi connectivity index (χ2n) is 3.99. The van der Waals surface area contributed by atoms with Crippen LogP contribution < -0.4 is 5.73 Å². The number of rotatable bonds is 4. The van der Waals surface area contributed by atoms with Crippen LogP contribution in [-0.2, 0) is 6.42 Å². The zero-order chi connectivity index (χ0) is 13.1. The largest absolute Gasteiger partial charge is 0.366 e. The number of carbonyl (C=O) groups is 1. The number of aromatic nitrogens is 2. The van der Waals surface area contributed by atoms with Gasteiger partial charge in [-0.25, -0.2) is 4.98 Å². The van der Waals surface area contributed by atoms with Gasteiger partial charge in [0.05, 0.1) is 10.6 Å². The van der Waals surface area contributed by atoms with Crippen LogP contribution >= 0.6 is 11.6 Å². The number of benzene rings is 1. The van der Waals surface area contributed by atoms with Crippen molar-refractivity contribution in [3.05, 3.63) is 47.0 Å². The van der Waals surface area contributed by atoms with Gasteiger partial charge in [-0.1, -0.05) is 18.5 Å². The quantitative estimate of drug-likeness (QED) is 0.922. The molecule has 2 rings (SSSR count). The minimum Gasteiger partial charge on any atom is -0.366 e. The smallest absolute Gasteiger partial charge is 0.250 e. The number of imidazole rings is 1. The fourth-order valence-electron chi connectivity index (χ4n) is 1.83. The highest BCUT2D eigenvalue weighted by atomic mass is 35.5. The summed E-state index contributed by atoms with van der Waals surface area (Å²) in [6, 6.07) is 5.17. The molecule has 0 fully saturated rings. The summed E-state index contributed by atoms with van der Waals surface area (Å²) in [6.45, 7) is 2.10. The van der Waals surface area contributed by atoms with E-state index in [1.807, 2.05) is 16.8 Å². The lowest BCUT2D eigenvalue weighted by atomic mass is 10.2. The first kappa shape index (κ1) is 12.6. The van der Waals surface area contributed by atoms with Crippen molar-refractivity contribution in [1.82, 2.24) is 9.55 Å². The van der Waals surface area contributed by atoms with Gasteiger partial charge < -0.3 is 10.3 Å². The zero-order valence-electron chi connectivity index (χ0n) is 10.1. The highest BCUT2D eigenvalue weighted by molar-refractivity contribution is 6.34. The predicted molar refractivity (Wildman–Crippen MR) is 71.1 cm³/mol. The van der Waals surface area contributed by atoms with E-state index in [1.54, 1.807) is 18.3 Å². The third-order valence-corrected chi connectivity index (χ3v) is 3.00. The molecule has 0 unspecified atom stereocenters. The van der Waals surface area contributed by atoms with Gasteiger partial charge in [0.2, 0.25) is 5.91 Å². The lowest BCUT2D eigenvalue weighted by molar-refractivity contribution is 0.100. The maximum atomic E-state index is 11.1. The lowest BCUT2D eigenvalue weighted by Crippen LogP contribution is -2.12. The Morgan fingerprint density at radius 2 is 2.28 bits per heavy atom. The summed E-state index contributed by atoms with van der Waals surface area (Å²) in [4.78, 5) is 15.4. The van der Waals surface area contributed by atoms with Crippen LogP contribution in [0, 0.1) is 0 Å². The topological polar surface area (TPSA) is 60.9 Å². The van der Waals surface area contributed by atoms with Gasteiger partial charge in [-0.15, -0.1) is 0 Å². The van der Waals surface area contributed by atoms with Gasteiger partial charge in [-0.2, -0.15) is 0 Å². The molecule has 2 N–H and O–H groups in total. The number of aryl methyl sites for hydroxylation is 1. The monoisotopic (exact) mass is 263 g/mol. The Bertz CT molecular complexity index is 577. The first-order valence-electron chi connectivity index (χ1n) is 5.75. The second kappa shape index (κ2) is 5.23. The third kappa shape index (κ3) is 2.38. The lowest BCUT2D eigenvalue weighted by Gasteiger charge is -2.09. The van der Waals surface area contributed by atoms with E-state index >= 15 is 0 Å². The fourth-order valence-corrected chi connectivity index (χ4v) is 2.10. The van der Waals surface area contributed by atoms with Crippen LogP contribution in [0.25, 0.3) is 5.69 Å². The molecule has 18 heavy (non-hydrogen) atoms. The summed E-state index contributed by atoms with van der Waals surface area (Å²) < 4.78 is 1.96. The van der Waals surface area contributed by atoms with Crippen molar-refractivity contribution < 1.29 is 4.79 Å². The van der Waals surface area contributed by atoms with Gasteiger partial charge in [-0.3, -0.25) is 4.79 Å². The molecule has 2 aromatic rings. The normalized spacial score (nSPS) is 10.6. The van der Waals surface area contributed by atoms with Gasteiger partial charge in [0.25, 0.3) is 0 Å². The number of amides is 1. The van der Waals surface area contributed by atoms with E-state index in [1.165, 1.54) is 0 Å². The van der Waals surface area contributed by atoms with Gasteiger partial charge in [0.15, 0.2) is 0 Å². The summed E-state index contributed by atoms with van der Waals surface area (Å²) in [5, 5.41) is 0.358. The number of halogens is 1. The van der Waals surface area contributed by atoms with Gasteiger partial charge in [0.1, 0.15) is 5.82 Å². The highest BCUT2D eigenvalue weighted by Crippen LogP contribution is 2.21. The molecule has 0 saturated carbocycles. The molecule has 1 amide bonds. The van der Waals surface area contributed by atoms with Gasteiger partial charge >= 0.3 is 0 Å². The first-order chi connectivity index (χ1) is 8.63. The Balaban J connectivity index is 2.42. The summed E-state index contributed by atoms with van der Waals surface area (Å²) in [7, 11) is 0. The standard InChI is InChI=1S/C13H14ClN3O/c1-2-3-12-16-6-7-17(12)9-4-5-10(13(15)18)11(14)8-9/h4-8H,2-3H2,1H3,(H2,15,18).